The Bertz CT molecular complexity index is 1300. The molecule has 3 aromatic carbocycles. The molecule has 0 aliphatic rings. The molecule has 4 rings (SSSR count). The van der Waals surface area contributed by atoms with Crippen molar-refractivity contribution in [3.05, 3.63) is 95.6 Å². The highest BCUT2D eigenvalue weighted by molar-refractivity contribution is 6.30. The van der Waals surface area contributed by atoms with Gasteiger partial charge < -0.3 is 10.6 Å². The van der Waals surface area contributed by atoms with Gasteiger partial charge in [-0.2, -0.15) is 5.10 Å². The standard InChI is InChI=1S/C27H26ClN5O2/c1-19(34)29-23-12-14-24(15-13-23)30-26(35)18-32(2)16-21-17-33(25-6-4-3-5-7-25)31-27(21)20-8-10-22(28)11-9-20/h3-15,17H,16,18H2,1-2H3,(H,29,34)(H,30,35). The molecule has 0 spiro atoms. The van der Waals surface area contributed by atoms with E-state index in [0.717, 1.165) is 22.5 Å². The SMILES string of the molecule is CC(=O)Nc1ccc(NC(=O)CN(C)Cc2cn(-c3ccccc3)nc2-c2ccc(Cl)cc2)cc1. The van der Waals surface area contributed by atoms with Gasteiger partial charge in [-0.15, -0.1) is 0 Å². The quantitative estimate of drug-likeness (QED) is 0.357. The van der Waals surface area contributed by atoms with Crippen molar-refractivity contribution >= 4 is 34.8 Å². The monoisotopic (exact) mass is 487 g/mol. The number of likely N-dealkylation sites (N-methyl/N-ethyl adjacent to an activating group) is 1. The van der Waals surface area contributed by atoms with Crippen LogP contribution in [-0.4, -0.2) is 40.1 Å². The predicted molar refractivity (Wildman–Crippen MR) is 140 cm³/mol. The van der Waals surface area contributed by atoms with E-state index in [2.05, 4.69) is 10.6 Å². The summed E-state index contributed by atoms with van der Waals surface area (Å²) >= 11 is 6.08. The zero-order valence-electron chi connectivity index (χ0n) is 19.5. The zero-order valence-corrected chi connectivity index (χ0v) is 20.3. The van der Waals surface area contributed by atoms with E-state index in [1.165, 1.54) is 6.92 Å². The lowest BCUT2D eigenvalue weighted by Gasteiger charge is -2.16. The molecule has 0 radical (unpaired) electrons. The first-order valence-electron chi connectivity index (χ1n) is 11.1. The number of rotatable bonds is 8. The van der Waals surface area contributed by atoms with Gasteiger partial charge in [0, 0.05) is 47.2 Å². The average molecular weight is 488 g/mol. The van der Waals surface area contributed by atoms with Crippen molar-refractivity contribution in [2.24, 2.45) is 0 Å². The topological polar surface area (TPSA) is 79.3 Å². The van der Waals surface area contributed by atoms with Crippen molar-refractivity contribution in [2.45, 2.75) is 13.5 Å². The summed E-state index contributed by atoms with van der Waals surface area (Å²) in [5, 5.41) is 11.1. The Morgan fingerprint density at radius 1 is 0.914 bits per heavy atom. The maximum absolute atomic E-state index is 12.6. The molecular formula is C27H26ClN5O2. The van der Waals surface area contributed by atoms with Gasteiger partial charge in [-0.1, -0.05) is 41.9 Å². The summed E-state index contributed by atoms with van der Waals surface area (Å²) in [6.07, 6.45) is 1.99. The Balaban J connectivity index is 1.47. The Hall–Kier alpha value is -3.94. The molecule has 8 heteroatoms. The predicted octanol–water partition coefficient (Wildman–Crippen LogP) is 5.22. The molecule has 2 amide bonds. The van der Waals surface area contributed by atoms with Gasteiger partial charge in [0.1, 0.15) is 0 Å². The number of para-hydroxylation sites is 1. The fourth-order valence-electron chi connectivity index (χ4n) is 3.72. The first-order valence-corrected chi connectivity index (χ1v) is 11.5. The summed E-state index contributed by atoms with van der Waals surface area (Å²) in [6, 6.07) is 24.5. The van der Waals surface area contributed by atoms with Gasteiger partial charge in [-0.05, 0) is 55.6 Å². The van der Waals surface area contributed by atoms with Gasteiger partial charge in [0.25, 0.3) is 0 Å². The Morgan fingerprint density at radius 2 is 1.54 bits per heavy atom. The second-order valence-electron chi connectivity index (χ2n) is 8.27. The van der Waals surface area contributed by atoms with E-state index < -0.39 is 0 Å². The molecule has 2 N–H and O–H groups in total. The summed E-state index contributed by atoms with van der Waals surface area (Å²) in [7, 11) is 1.89. The number of anilines is 2. The van der Waals surface area contributed by atoms with Crippen LogP contribution in [0.15, 0.2) is 85.1 Å². The maximum Gasteiger partial charge on any atom is 0.238 e. The molecule has 35 heavy (non-hydrogen) atoms. The molecule has 0 saturated heterocycles. The van der Waals surface area contributed by atoms with Crippen LogP contribution in [0.3, 0.4) is 0 Å². The smallest absolute Gasteiger partial charge is 0.238 e. The molecule has 0 fully saturated rings. The lowest BCUT2D eigenvalue weighted by molar-refractivity contribution is -0.117. The van der Waals surface area contributed by atoms with Crippen LogP contribution in [0.4, 0.5) is 11.4 Å². The van der Waals surface area contributed by atoms with Crippen LogP contribution in [0, 0.1) is 0 Å². The minimum absolute atomic E-state index is 0.136. The van der Waals surface area contributed by atoms with E-state index >= 15 is 0 Å². The van der Waals surface area contributed by atoms with Crippen LogP contribution in [0.1, 0.15) is 12.5 Å². The number of carbonyl (C=O) groups is 2. The van der Waals surface area contributed by atoms with E-state index in [1.54, 1.807) is 24.3 Å². The normalized spacial score (nSPS) is 10.9. The van der Waals surface area contributed by atoms with E-state index in [-0.39, 0.29) is 18.4 Å². The van der Waals surface area contributed by atoms with E-state index in [1.807, 2.05) is 77.4 Å². The van der Waals surface area contributed by atoms with E-state index in [9.17, 15) is 9.59 Å². The van der Waals surface area contributed by atoms with Crippen molar-refractivity contribution in [1.82, 2.24) is 14.7 Å². The molecule has 0 saturated carbocycles. The Kier molecular flexibility index (Phi) is 7.60. The van der Waals surface area contributed by atoms with Crippen LogP contribution in [0.25, 0.3) is 16.9 Å². The summed E-state index contributed by atoms with van der Waals surface area (Å²) in [4.78, 5) is 25.7. The third kappa shape index (κ3) is 6.56. The highest BCUT2D eigenvalue weighted by Gasteiger charge is 2.16. The fourth-order valence-corrected chi connectivity index (χ4v) is 3.85. The van der Waals surface area contributed by atoms with Crippen molar-refractivity contribution < 1.29 is 9.59 Å². The molecule has 0 atom stereocenters. The van der Waals surface area contributed by atoms with E-state index in [0.29, 0.717) is 22.9 Å². The van der Waals surface area contributed by atoms with Gasteiger partial charge in [-0.3, -0.25) is 14.5 Å². The molecule has 178 valence electrons. The molecule has 7 nitrogen and oxygen atoms in total. The van der Waals surface area contributed by atoms with Gasteiger partial charge in [0.05, 0.1) is 17.9 Å². The molecule has 1 heterocycles. The number of nitrogens with one attached hydrogen (secondary N) is 2. The van der Waals surface area contributed by atoms with Crippen LogP contribution < -0.4 is 10.6 Å². The van der Waals surface area contributed by atoms with Gasteiger partial charge >= 0.3 is 0 Å². The van der Waals surface area contributed by atoms with Crippen molar-refractivity contribution in [2.75, 3.05) is 24.2 Å². The average Bonchev–Trinajstić information content (AvgIpc) is 3.24. The Morgan fingerprint density at radius 3 is 2.17 bits per heavy atom. The highest BCUT2D eigenvalue weighted by Crippen LogP contribution is 2.26. The summed E-state index contributed by atoms with van der Waals surface area (Å²) in [5.41, 5.74) is 5.08. The molecule has 0 aliphatic heterocycles. The van der Waals surface area contributed by atoms with Crippen LogP contribution in [-0.2, 0) is 16.1 Å². The molecular weight excluding hydrogens is 462 g/mol. The first kappa shape index (κ1) is 24.2. The van der Waals surface area contributed by atoms with Gasteiger partial charge in [-0.25, -0.2) is 4.68 Å². The molecule has 1 aromatic heterocycles. The number of amides is 2. The molecule has 0 bridgehead atoms. The maximum atomic E-state index is 12.6. The number of aromatic nitrogens is 2. The number of carbonyl (C=O) groups excluding carboxylic acids is 2. The van der Waals surface area contributed by atoms with Crippen LogP contribution >= 0.6 is 11.6 Å². The first-order chi connectivity index (χ1) is 16.9. The number of hydrogen-bond donors (Lipinski definition) is 2. The number of nitrogens with zero attached hydrogens (tertiary/aromatic N) is 3. The second-order valence-corrected chi connectivity index (χ2v) is 8.71. The lowest BCUT2D eigenvalue weighted by Crippen LogP contribution is -2.29. The van der Waals surface area contributed by atoms with Crippen molar-refractivity contribution in [3.8, 4) is 16.9 Å². The second kappa shape index (κ2) is 11.0. The minimum Gasteiger partial charge on any atom is -0.326 e. The summed E-state index contributed by atoms with van der Waals surface area (Å²) in [5.74, 6) is -0.278. The van der Waals surface area contributed by atoms with Crippen LogP contribution in [0.2, 0.25) is 5.02 Å². The highest BCUT2D eigenvalue weighted by atomic mass is 35.5. The van der Waals surface area contributed by atoms with Gasteiger partial charge in [0.15, 0.2) is 0 Å². The Labute approximate surface area is 209 Å². The van der Waals surface area contributed by atoms with Gasteiger partial charge in [0.2, 0.25) is 11.8 Å². The summed E-state index contributed by atoms with van der Waals surface area (Å²) < 4.78 is 1.85. The lowest BCUT2D eigenvalue weighted by atomic mass is 10.1. The van der Waals surface area contributed by atoms with Crippen molar-refractivity contribution in [1.29, 1.82) is 0 Å². The summed E-state index contributed by atoms with van der Waals surface area (Å²) in [6.45, 7) is 2.18. The fraction of sp³-hybridized carbons (Fsp3) is 0.148. The van der Waals surface area contributed by atoms with E-state index in [4.69, 9.17) is 16.7 Å². The third-order valence-electron chi connectivity index (χ3n) is 5.27. The van der Waals surface area contributed by atoms with Crippen molar-refractivity contribution in [3.63, 3.8) is 0 Å². The molecule has 0 unspecified atom stereocenters. The number of halogens is 1. The largest absolute Gasteiger partial charge is 0.326 e. The molecule has 4 aromatic rings. The minimum atomic E-state index is -0.142. The van der Waals surface area contributed by atoms with Crippen LogP contribution in [0.5, 0.6) is 0 Å². The zero-order chi connectivity index (χ0) is 24.8. The number of hydrogen-bond acceptors (Lipinski definition) is 4. The molecule has 0 aliphatic carbocycles. The number of benzene rings is 3. The third-order valence-corrected chi connectivity index (χ3v) is 5.52.